The summed E-state index contributed by atoms with van der Waals surface area (Å²) >= 11 is 1.59. The highest BCUT2D eigenvalue weighted by Crippen LogP contribution is 2.29. The van der Waals surface area contributed by atoms with Crippen LogP contribution in [0.1, 0.15) is 40.2 Å². The van der Waals surface area contributed by atoms with Crippen LogP contribution < -0.4 is 11.1 Å². The molecule has 1 aromatic heterocycles. The minimum absolute atomic E-state index is 0.188. The second-order valence-corrected chi connectivity index (χ2v) is 6.07. The Balaban J connectivity index is 1.78. The van der Waals surface area contributed by atoms with Crippen molar-refractivity contribution in [3.63, 3.8) is 0 Å². The molecule has 1 amide bonds. The van der Waals surface area contributed by atoms with Gasteiger partial charge in [-0.2, -0.15) is 0 Å². The zero-order valence-electron chi connectivity index (χ0n) is 11.2. The standard InChI is InChI=1S/C15H17N3OS/c16-11-7-5-4-6-10(11)14(19)18-15-17-12-8-2-1-3-9-13(12)20-15/h4-7H,1-3,8-9,16H2,(H,17,18,19). The number of rotatable bonds is 2. The summed E-state index contributed by atoms with van der Waals surface area (Å²) in [5.41, 5.74) is 7.96. The number of fused-ring (bicyclic) bond motifs is 1. The summed E-state index contributed by atoms with van der Waals surface area (Å²) < 4.78 is 0. The summed E-state index contributed by atoms with van der Waals surface area (Å²) in [6.45, 7) is 0. The van der Waals surface area contributed by atoms with Gasteiger partial charge >= 0.3 is 0 Å². The molecule has 1 aliphatic rings. The van der Waals surface area contributed by atoms with Crippen LogP contribution in [0.2, 0.25) is 0 Å². The lowest BCUT2D eigenvalue weighted by atomic mass is 10.2. The van der Waals surface area contributed by atoms with Crippen LogP contribution in [0.5, 0.6) is 0 Å². The van der Waals surface area contributed by atoms with Crippen molar-refractivity contribution in [2.75, 3.05) is 11.1 Å². The largest absolute Gasteiger partial charge is 0.398 e. The number of carbonyl (C=O) groups excluding carboxylic acids is 1. The Bertz CT molecular complexity index is 612. The van der Waals surface area contributed by atoms with Gasteiger partial charge in [0.15, 0.2) is 5.13 Å². The number of carbonyl (C=O) groups is 1. The Morgan fingerprint density at radius 3 is 2.85 bits per heavy atom. The van der Waals surface area contributed by atoms with Crippen molar-refractivity contribution in [2.24, 2.45) is 0 Å². The number of aryl methyl sites for hydroxylation is 2. The fraction of sp³-hybridized carbons (Fsp3) is 0.333. The highest BCUT2D eigenvalue weighted by molar-refractivity contribution is 7.15. The van der Waals surface area contributed by atoms with E-state index in [-0.39, 0.29) is 5.91 Å². The van der Waals surface area contributed by atoms with Crippen LogP contribution in [0.4, 0.5) is 10.8 Å². The van der Waals surface area contributed by atoms with Gasteiger partial charge in [-0.05, 0) is 37.8 Å². The first-order chi connectivity index (χ1) is 9.74. The summed E-state index contributed by atoms with van der Waals surface area (Å²) in [7, 11) is 0. The smallest absolute Gasteiger partial charge is 0.259 e. The summed E-state index contributed by atoms with van der Waals surface area (Å²) in [4.78, 5) is 18.1. The van der Waals surface area contributed by atoms with Crippen LogP contribution >= 0.6 is 11.3 Å². The molecule has 0 spiro atoms. The average molecular weight is 287 g/mol. The highest BCUT2D eigenvalue weighted by Gasteiger charge is 2.16. The molecule has 5 heteroatoms. The van der Waals surface area contributed by atoms with Crippen LogP contribution in [0.3, 0.4) is 0 Å². The number of anilines is 2. The van der Waals surface area contributed by atoms with E-state index in [0.717, 1.165) is 18.5 Å². The number of aromatic nitrogens is 1. The molecule has 0 aliphatic heterocycles. The first-order valence-corrected chi connectivity index (χ1v) is 7.70. The van der Waals surface area contributed by atoms with Crippen molar-refractivity contribution < 1.29 is 4.79 Å². The number of hydrogen-bond donors (Lipinski definition) is 2. The lowest BCUT2D eigenvalue weighted by Gasteiger charge is -2.04. The average Bonchev–Trinajstić information content (AvgIpc) is 2.68. The zero-order chi connectivity index (χ0) is 13.9. The lowest BCUT2D eigenvalue weighted by Crippen LogP contribution is -2.13. The maximum absolute atomic E-state index is 12.2. The van der Waals surface area contributed by atoms with Gasteiger partial charge < -0.3 is 5.73 Å². The van der Waals surface area contributed by atoms with E-state index in [2.05, 4.69) is 10.3 Å². The SMILES string of the molecule is Nc1ccccc1C(=O)Nc1nc2c(s1)CCCCC2. The number of hydrogen-bond acceptors (Lipinski definition) is 4. The first kappa shape index (κ1) is 13.1. The third kappa shape index (κ3) is 2.67. The minimum atomic E-state index is -0.188. The van der Waals surface area contributed by atoms with Crippen molar-refractivity contribution in [1.82, 2.24) is 4.98 Å². The van der Waals surface area contributed by atoms with Gasteiger partial charge in [0, 0.05) is 10.6 Å². The fourth-order valence-corrected chi connectivity index (χ4v) is 3.50. The third-order valence-electron chi connectivity index (χ3n) is 3.52. The number of para-hydroxylation sites is 1. The predicted molar refractivity (Wildman–Crippen MR) is 82.2 cm³/mol. The number of thiazole rings is 1. The van der Waals surface area contributed by atoms with Crippen LogP contribution in [-0.2, 0) is 12.8 Å². The van der Waals surface area contributed by atoms with Crippen molar-refractivity contribution in [3.8, 4) is 0 Å². The monoisotopic (exact) mass is 287 g/mol. The van der Waals surface area contributed by atoms with E-state index in [9.17, 15) is 4.79 Å². The number of nitrogens with one attached hydrogen (secondary N) is 1. The summed E-state index contributed by atoms with van der Waals surface area (Å²) in [5, 5.41) is 3.55. The molecule has 0 unspecified atom stereocenters. The van der Waals surface area contributed by atoms with Crippen LogP contribution in [0, 0.1) is 0 Å². The molecule has 2 aromatic rings. The molecule has 1 heterocycles. The minimum Gasteiger partial charge on any atom is -0.398 e. The molecule has 0 fully saturated rings. The van der Waals surface area contributed by atoms with E-state index in [0.29, 0.717) is 16.4 Å². The van der Waals surface area contributed by atoms with Crippen molar-refractivity contribution in [2.45, 2.75) is 32.1 Å². The molecule has 104 valence electrons. The number of amides is 1. The fourth-order valence-electron chi connectivity index (χ4n) is 2.45. The highest BCUT2D eigenvalue weighted by atomic mass is 32.1. The van der Waals surface area contributed by atoms with Crippen molar-refractivity contribution >= 4 is 28.1 Å². The van der Waals surface area contributed by atoms with Gasteiger partial charge in [0.2, 0.25) is 0 Å². The van der Waals surface area contributed by atoms with E-state index in [1.807, 2.05) is 12.1 Å². The van der Waals surface area contributed by atoms with E-state index < -0.39 is 0 Å². The summed E-state index contributed by atoms with van der Waals surface area (Å²) in [6, 6.07) is 7.08. The Morgan fingerprint density at radius 2 is 2.00 bits per heavy atom. The molecule has 3 N–H and O–H groups in total. The molecule has 4 nitrogen and oxygen atoms in total. The van der Waals surface area contributed by atoms with Gasteiger partial charge in [0.1, 0.15) is 0 Å². The second kappa shape index (κ2) is 5.63. The molecule has 0 radical (unpaired) electrons. The van der Waals surface area contributed by atoms with Gasteiger partial charge in [-0.15, -0.1) is 11.3 Å². The Morgan fingerprint density at radius 1 is 1.20 bits per heavy atom. The maximum Gasteiger partial charge on any atom is 0.259 e. The molecule has 0 bridgehead atoms. The molecule has 1 aromatic carbocycles. The Hall–Kier alpha value is -1.88. The molecule has 0 atom stereocenters. The van der Waals surface area contributed by atoms with Gasteiger partial charge in [-0.1, -0.05) is 18.6 Å². The van der Waals surface area contributed by atoms with Crippen LogP contribution in [-0.4, -0.2) is 10.9 Å². The van der Waals surface area contributed by atoms with E-state index >= 15 is 0 Å². The number of benzene rings is 1. The van der Waals surface area contributed by atoms with Crippen LogP contribution in [0.25, 0.3) is 0 Å². The van der Waals surface area contributed by atoms with E-state index in [1.165, 1.54) is 24.1 Å². The third-order valence-corrected chi connectivity index (χ3v) is 4.59. The van der Waals surface area contributed by atoms with E-state index in [4.69, 9.17) is 5.73 Å². The maximum atomic E-state index is 12.2. The topological polar surface area (TPSA) is 68.0 Å². The first-order valence-electron chi connectivity index (χ1n) is 6.88. The van der Waals surface area contributed by atoms with Gasteiger partial charge in [-0.3, -0.25) is 10.1 Å². The number of nitrogen functional groups attached to an aromatic ring is 1. The quantitative estimate of drug-likeness (QED) is 0.658. The molecule has 1 aliphatic carbocycles. The molecular weight excluding hydrogens is 270 g/mol. The summed E-state index contributed by atoms with van der Waals surface area (Å²) in [6.07, 6.45) is 5.78. The van der Waals surface area contributed by atoms with Crippen LogP contribution in [0.15, 0.2) is 24.3 Å². The predicted octanol–water partition coefficient (Wildman–Crippen LogP) is 3.25. The van der Waals surface area contributed by atoms with Gasteiger partial charge in [-0.25, -0.2) is 4.98 Å². The molecule has 20 heavy (non-hydrogen) atoms. The Labute approximate surface area is 122 Å². The lowest BCUT2D eigenvalue weighted by molar-refractivity contribution is 0.102. The van der Waals surface area contributed by atoms with Crippen molar-refractivity contribution in [1.29, 1.82) is 0 Å². The second-order valence-electron chi connectivity index (χ2n) is 4.99. The Kier molecular flexibility index (Phi) is 3.69. The molecule has 3 rings (SSSR count). The van der Waals surface area contributed by atoms with Gasteiger partial charge in [0.05, 0.1) is 11.3 Å². The van der Waals surface area contributed by atoms with E-state index in [1.54, 1.807) is 23.5 Å². The molecule has 0 saturated heterocycles. The summed E-state index contributed by atoms with van der Waals surface area (Å²) in [5.74, 6) is -0.188. The normalized spacial score (nSPS) is 14.4. The van der Waals surface area contributed by atoms with Gasteiger partial charge in [0.25, 0.3) is 5.91 Å². The molecule has 0 saturated carbocycles. The zero-order valence-corrected chi connectivity index (χ0v) is 12.0. The number of nitrogens with two attached hydrogens (primary N) is 1. The molecular formula is C15H17N3OS. The number of nitrogens with zero attached hydrogens (tertiary/aromatic N) is 1. The van der Waals surface area contributed by atoms with Crippen molar-refractivity contribution in [3.05, 3.63) is 40.4 Å².